The van der Waals surface area contributed by atoms with Crippen molar-refractivity contribution in [1.82, 2.24) is 14.9 Å². The molecule has 0 radical (unpaired) electrons. The van der Waals surface area contributed by atoms with Crippen molar-refractivity contribution in [3.8, 4) is 0 Å². The Balaban J connectivity index is 0.000000230. The van der Waals surface area contributed by atoms with Crippen LogP contribution in [0.3, 0.4) is 0 Å². The standard InChI is InChI=1S/C14H20N4O.2C2HF3O2/c1-4-15-14(16-5-1)18-6-7-19-13-10-17(9-12(13)18)8-11-2-3-11;2*3-2(4,5)1(6)7/h1,4-5,11-13H,2-3,6-10H2;2*(H,6,7)/t12-,13+;;/m1../s1. The van der Waals surface area contributed by atoms with E-state index >= 15 is 0 Å². The van der Waals surface area contributed by atoms with Crippen LogP contribution in [-0.4, -0.2) is 94.3 Å². The van der Waals surface area contributed by atoms with Gasteiger partial charge in [-0.05, 0) is 24.8 Å². The molecular formula is C18H22F6N4O5. The maximum atomic E-state index is 10.6. The molecule has 2 N–H and O–H groups in total. The molecule has 1 aliphatic carbocycles. The van der Waals surface area contributed by atoms with Gasteiger partial charge in [-0.1, -0.05) is 0 Å². The van der Waals surface area contributed by atoms with E-state index in [1.54, 1.807) is 0 Å². The highest BCUT2D eigenvalue weighted by atomic mass is 19.4. The summed E-state index contributed by atoms with van der Waals surface area (Å²) in [5.74, 6) is -3.71. The quantitative estimate of drug-likeness (QED) is 0.617. The minimum absolute atomic E-state index is 0.330. The Labute approximate surface area is 184 Å². The molecule has 0 bridgehead atoms. The van der Waals surface area contributed by atoms with E-state index in [-0.39, 0.29) is 0 Å². The number of likely N-dealkylation sites (tertiary alicyclic amines) is 1. The number of halogens is 6. The lowest BCUT2D eigenvalue weighted by molar-refractivity contribution is -0.193. The molecule has 2 aliphatic heterocycles. The first-order chi connectivity index (χ1) is 15.3. The van der Waals surface area contributed by atoms with Gasteiger partial charge < -0.3 is 19.8 Å². The Morgan fingerprint density at radius 3 is 1.97 bits per heavy atom. The van der Waals surface area contributed by atoms with Gasteiger partial charge in [-0.2, -0.15) is 26.3 Å². The number of fused-ring (bicyclic) bond motifs is 1. The maximum absolute atomic E-state index is 10.6. The van der Waals surface area contributed by atoms with Crippen molar-refractivity contribution < 1.29 is 50.9 Å². The first-order valence-electron chi connectivity index (χ1n) is 9.77. The summed E-state index contributed by atoms with van der Waals surface area (Å²) in [5.41, 5.74) is 0. The number of aliphatic carboxylic acids is 2. The molecule has 9 nitrogen and oxygen atoms in total. The third kappa shape index (κ3) is 8.64. The van der Waals surface area contributed by atoms with E-state index in [2.05, 4.69) is 19.8 Å². The molecule has 3 aliphatic rings. The van der Waals surface area contributed by atoms with Crippen LogP contribution < -0.4 is 4.90 Å². The molecule has 0 amide bonds. The Hall–Kier alpha value is -2.68. The van der Waals surface area contributed by atoms with E-state index in [1.165, 1.54) is 19.4 Å². The average Bonchev–Trinajstić information content (AvgIpc) is 3.43. The van der Waals surface area contributed by atoms with Gasteiger partial charge in [-0.15, -0.1) is 0 Å². The maximum Gasteiger partial charge on any atom is 0.490 e. The summed E-state index contributed by atoms with van der Waals surface area (Å²) in [5, 5.41) is 14.2. The summed E-state index contributed by atoms with van der Waals surface area (Å²) < 4.78 is 69.4. The number of carboxylic acid groups (broad SMARTS) is 2. The highest BCUT2D eigenvalue weighted by molar-refractivity contribution is 5.73. The number of hydrogen-bond donors (Lipinski definition) is 2. The van der Waals surface area contributed by atoms with E-state index in [0.717, 1.165) is 38.1 Å². The van der Waals surface area contributed by atoms with Crippen molar-refractivity contribution in [2.75, 3.05) is 37.7 Å². The van der Waals surface area contributed by atoms with Crippen LogP contribution in [0.15, 0.2) is 18.5 Å². The topological polar surface area (TPSA) is 116 Å². The first-order valence-corrected chi connectivity index (χ1v) is 9.77. The monoisotopic (exact) mass is 488 g/mol. The van der Waals surface area contributed by atoms with E-state index in [9.17, 15) is 26.3 Å². The summed E-state index contributed by atoms with van der Waals surface area (Å²) in [6.45, 7) is 5.11. The fraction of sp³-hybridized carbons (Fsp3) is 0.667. The molecule has 2 saturated heterocycles. The molecule has 1 aromatic rings. The second kappa shape index (κ2) is 11.0. The second-order valence-corrected chi connectivity index (χ2v) is 7.49. The van der Waals surface area contributed by atoms with Gasteiger partial charge in [0.1, 0.15) is 0 Å². The molecule has 15 heteroatoms. The van der Waals surface area contributed by atoms with Gasteiger partial charge in [0.15, 0.2) is 0 Å². The van der Waals surface area contributed by atoms with Gasteiger partial charge in [-0.3, -0.25) is 4.90 Å². The highest BCUT2D eigenvalue weighted by Gasteiger charge is 2.42. The van der Waals surface area contributed by atoms with Crippen LogP contribution in [-0.2, 0) is 14.3 Å². The molecule has 4 rings (SSSR count). The molecule has 1 saturated carbocycles. The minimum atomic E-state index is -5.08. The number of nitrogens with zero attached hydrogens (tertiary/aromatic N) is 4. The van der Waals surface area contributed by atoms with Gasteiger partial charge >= 0.3 is 24.3 Å². The molecule has 1 aromatic heterocycles. The Bertz CT molecular complexity index is 767. The molecule has 2 atom stereocenters. The number of ether oxygens (including phenoxy) is 1. The van der Waals surface area contributed by atoms with E-state index < -0.39 is 24.3 Å². The Morgan fingerprint density at radius 1 is 1.00 bits per heavy atom. The number of aromatic nitrogens is 2. The van der Waals surface area contributed by atoms with Crippen LogP contribution in [0.2, 0.25) is 0 Å². The molecule has 186 valence electrons. The summed E-state index contributed by atoms with van der Waals surface area (Å²) >= 11 is 0. The van der Waals surface area contributed by atoms with Crippen LogP contribution in [0, 0.1) is 5.92 Å². The lowest BCUT2D eigenvalue weighted by Crippen LogP contribution is -2.51. The van der Waals surface area contributed by atoms with Crippen LogP contribution in [0.4, 0.5) is 32.3 Å². The first kappa shape index (κ1) is 26.6. The fourth-order valence-electron chi connectivity index (χ4n) is 3.27. The number of rotatable bonds is 3. The van der Waals surface area contributed by atoms with Crippen molar-refractivity contribution in [2.24, 2.45) is 5.92 Å². The number of morpholine rings is 1. The van der Waals surface area contributed by atoms with E-state index in [0.29, 0.717) is 12.1 Å². The van der Waals surface area contributed by atoms with Crippen LogP contribution in [0.1, 0.15) is 12.8 Å². The number of hydrogen-bond acceptors (Lipinski definition) is 7. The fourth-order valence-corrected chi connectivity index (χ4v) is 3.27. The third-order valence-electron chi connectivity index (χ3n) is 4.88. The van der Waals surface area contributed by atoms with Crippen LogP contribution in [0.25, 0.3) is 0 Å². The van der Waals surface area contributed by atoms with Crippen molar-refractivity contribution in [3.63, 3.8) is 0 Å². The van der Waals surface area contributed by atoms with Crippen molar-refractivity contribution in [1.29, 1.82) is 0 Å². The summed E-state index contributed by atoms with van der Waals surface area (Å²) in [6, 6.07) is 2.30. The normalized spacial score (nSPS) is 22.9. The molecule has 3 fully saturated rings. The zero-order chi connectivity index (χ0) is 24.8. The van der Waals surface area contributed by atoms with Crippen LogP contribution in [0.5, 0.6) is 0 Å². The van der Waals surface area contributed by atoms with Gasteiger partial charge in [-0.25, -0.2) is 19.6 Å². The molecule has 33 heavy (non-hydrogen) atoms. The van der Waals surface area contributed by atoms with Crippen molar-refractivity contribution in [2.45, 2.75) is 37.3 Å². The van der Waals surface area contributed by atoms with Gasteiger partial charge in [0.2, 0.25) is 5.95 Å². The molecule has 0 unspecified atom stereocenters. The lowest BCUT2D eigenvalue weighted by atomic mass is 10.1. The lowest BCUT2D eigenvalue weighted by Gasteiger charge is -2.36. The zero-order valence-corrected chi connectivity index (χ0v) is 17.1. The summed E-state index contributed by atoms with van der Waals surface area (Å²) in [6.07, 6.45) is -3.36. The third-order valence-corrected chi connectivity index (χ3v) is 4.88. The second-order valence-electron chi connectivity index (χ2n) is 7.49. The minimum Gasteiger partial charge on any atom is -0.475 e. The highest BCUT2D eigenvalue weighted by Crippen LogP contribution is 2.33. The molecule has 0 aromatic carbocycles. The van der Waals surface area contributed by atoms with Crippen molar-refractivity contribution in [3.05, 3.63) is 18.5 Å². The summed E-state index contributed by atoms with van der Waals surface area (Å²) in [7, 11) is 0. The van der Waals surface area contributed by atoms with Crippen LogP contribution >= 0.6 is 0 Å². The summed E-state index contributed by atoms with van der Waals surface area (Å²) in [4.78, 5) is 31.5. The van der Waals surface area contributed by atoms with Gasteiger partial charge in [0, 0.05) is 38.6 Å². The predicted molar refractivity (Wildman–Crippen MR) is 99.5 cm³/mol. The number of carbonyl (C=O) groups is 2. The predicted octanol–water partition coefficient (Wildman–Crippen LogP) is 2.04. The smallest absolute Gasteiger partial charge is 0.475 e. The Morgan fingerprint density at radius 2 is 1.52 bits per heavy atom. The molecule has 0 spiro atoms. The number of alkyl halides is 6. The van der Waals surface area contributed by atoms with E-state index in [1.807, 2.05) is 18.5 Å². The zero-order valence-electron chi connectivity index (χ0n) is 17.1. The van der Waals surface area contributed by atoms with Gasteiger partial charge in [0.25, 0.3) is 0 Å². The van der Waals surface area contributed by atoms with E-state index in [4.69, 9.17) is 24.5 Å². The largest absolute Gasteiger partial charge is 0.490 e. The molecule has 3 heterocycles. The Kier molecular flexibility index (Phi) is 8.82. The number of anilines is 1. The molecular weight excluding hydrogens is 466 g/mol. The average molecular weight is 488 g/mol. The number of carboxylic acids is 2. The van der Waals surface area contributed by atoms with Crippen molar-refractivity contribution >= 4 is 17.9 Å². The van der Waals surface area contributed by atoms with Gasteiger partial charge in [0.05, 0.1) is 18.8 Å². The SMILES string of the molecule is O=C(O)C(F)(F)F.O=C(O)C(F)(F)F.c1cnc(N2CCO[C@H]3CN(CC4CC4)C[C@H]32)nc1.